The third-order valence-corrected chi connectivity index (χ3v) is 4.27. The van der Waals surface area contributed by atoms with Crippen molar-refractivity contribution in [2.24, 2.45) is 0 Å². The molecule has 1 unspecified atom stereocenters. The summed E-state index contributed by atoms with van der Waals surface area (Å²) in [6, 6.07) is 5.35. The van der Waals surface area contributed by atoms with Gasteiger partial charge in [0, 0.05) is 24.1 Å². The summed E-state index contributed by atoms with van der Waals surface area (Å²) >= 11 is 1.94. The molecule has 5 nitrogen and oxygen atoms in total. The van der Waals surface area contributed by atoms with Crippen LogP contribution in [-0.4, -0.2) is 40.2 Å². The number of hydrogen-bond acceptors (Lipinski definition) is 5. The number of carbonyl (C=O) groups is 1. The van der Waals surface area contributed by atoms with E-state index in [0.717, 1.165) is 18.8 Å². The van der Waals surface area contributed by atoms with Crippen LogP contribution in [0.15, 0.2) is 22.6 Å². The number of hydrogen-bond donors (Lipinski definition) is 1. The number of aromatic nitrogens is 1. The van der Waals surface area contributed by atoms with Crippen LogP contribution in [0.4, 0.5) is 6.01 Å². The molecule has 1 aliphatic heterocycles. The fraction of sp³-hybridized carbons (Fsp3) is 0.385. The number of thioether (sulfide) groups is 1. The molecule has 0 spiro atoms. The van der Waals surface area contributed by atoms with E-state index >= 15 is 0 Å². The molecule has 0 bridgehead atoms. The minimum Gasteiger partial charge on any atom is -0.478 e. The van der Waals surface area contributed by atoms with E-state index < -0.39 is 5.97 Å². The number of carboxylic acid groups (broad SMARTS) is 1. The van der Waals surface area contributed by atoms with Gasteiger partial charge in [0.1, 0.15) is 5.52 Å². The lowest BCUT2D eigenvalue weighted by Gasteiger charge is -2.28. The molecule has 1 atom stereocenters. The SMILES string of the molecule is CC1CN(c2nc3ccc(C(=O)O)cc3o2)CCS1. The lowest BCUT2D eigenvalue weighted by Crippen LogP contribution is -2.36. The Morgan fingerprint density at radius 1 is 1.58 bits per heavy atom. The molecule has 1 saturated heterocycles. The Hall–Kier alpha value is -1.69. The van der Waals surface area contributed by atoms with Crippen molar-refractivity contribution in [1.82, 2.24) is 4.98 Å². The van der Waals surface area contributed by atoms with Crippen molar-refractivity contribution >= 4 is 34.8 Å². The summed E-state index contributed by atoms with van der Waals surface area (Å²) in [4.78, 5) is 17.5. The molecule has 100 valence electrons. The molecule has 0 aliphatic carbocycles. The van der Waals surface area contributed by atoms with E-state index in [1.807, 2.05) is 11.8 Å². The standard InChI is InChI=1S/C13H14N2O3S/c1-8-7-15(4-5-19-8)13-14-10-3-2-9(12(16)17)6-11(10)18-13/h2-3,6,8H,4-5,7H2,1H3,(H,16,17). The minimum absolute atomic E-state index is 0.220. The second-order valence-corrected chi connectivity index (χ2v) is 6.16. The quantitative estimate of drug-likeness (QED) is 0.910. The smallest absolute Gasteiger partial charge is 0.335 e. The summed E-state index contributed by atoms with van der Waals surface area (Å²) in [5, 5.41) is 9.51. The van der Waals surface area contributed by atoms with Gasteiger partial charge in [-0.3, -0.25) is 0 Å². The summed E-state index contributed by atoms with van der Waals surface area (Å²) in [5.41, 5.74) is 1.45. The van der Waals surface area contributed by atoms with E-state index in [1.165, 1.54) is 6.07 Å². The maximum Gasteiger partial charge on any atom is 0.335 e. The molecule has 2 heterocycles. The average Bonchev–Trinajstić information content (AvgIpc) is 2.81. The van der Waals surface area contributed by atoms with Crippen molar-refractivity contribution < 1.29 is 14.3 Å². The molecule has 19 heavy (non-hydrogen) atoms. The molecular formula is C13H14N2O3S. The van der Waals surface area contributed by atoms with E-state index in [-0.39, 0.29) is 5.56 Å². The molecule has 0 radical (unpaired) electrons. The topological polar surface area (TPSA) is 66.6 Å². The third-order valence-electron chi connectivity index (χ3n) is 3.14. The predicted molar refractivity (Wildman–Crippen MR) is 75.1 cm³/mol. The Bertz CT molecular complexity index is 625. The Kier molecular flexibility index (Phi) is 3.10. The Labute approximate surface area is 114 Å². The van der Waals surface area contributed by atoms with Gasteiger partial charge in [-0.15, -0.1) is 0 Å². The number of carboxylic acids is 1. The van der Waals surface area contributed by atoms with Crippen LogP contribution in [0.25, 0.3) is 11.1 Å². The molecule has 1 N–H and O–H groups in total. The monoisotopic (exact) mass is 278 g/mol. The van der Waals surface area contributed by atoms with Crippen LogP contribution >= 0.6 is 11.8 Å². The maximum atomic E-state index is 10.9. The lowest BCUT2D eigenvalue weighted by molar-refractivity contribution is 0.0697. The maximum absolute atomic E-state index is 10.9. The van der Waals surface area contributed by atoms with Gasteiger partial charge in [-0.2, -0.15) is 16.7 Å². The second kappa shape index (κ2) is 4.77. The molecule has 1 aliphatic rings. The number of rotatable bonds is 2. The number of nitrogens with zero attached hydrogens (tertiary/aromatic N) is 2. The highest BCUT2D eigenvalue weighted by Crippen LogP contribution is 2.27. The lowest BCUT2D eigenvalue weighted by atomic mass is 10.2. The number of aromatic carboxylic acids is 1. The molecule has 3 rings (SSSR count). The van der Waals surface area contributed by atoms with Crippen LogP contribution in [-0.2, 0) is 0 Å². The summed E-state index contributed by atoms with van der Waals surface area (Å²) < 4.78 is 5.69. The van der Waals surface area contributed by atoms with Crippen molar-refractivity contribution in [1.29, 1.82) is 0 Å². The number of oxazole rings is 1. The zero-order valence-electron chi connectivity index (χ0n) is 10.5. The number of benzene rings is 1. The number of anilines is 1. The van der Waals surface area contributed by atoms with Gasteiger partial charge in [-0.25, -0.2) is 4.79 Å². The zero-order valence-corrected chi connectivity index (χ0v) is 11.3. The first-order valence-electron chi connectivity index (χ1n) is 6.14. The summed E-state index contributed by atoms with van der Waals surface area (Å²) in [5.74, 6) is 0.100. The molecular weight excluding hydrogens is 264 g/mol. The van der Waals surface area contributed by atoms with Crippen molar-refractivity contribution in [2.75, 3.05) is 23.7 Å². The van der Waals surface area contributed by atoms with E-state index in [4.69, 9.17) is 9.52 Å². The third kappa shape index (κ3) is 2.40. The normalized spacial score (nSPS) is 19.8. The van der Waals surface area contributed by atoms with Crippen LogP contribution in [0.2, 0.25) is 0 Å². The van der Waals surface area contributed by atoms with Gasteiger partial charge in [0.05, 0.1) is 5.56 Å². The first kappa shape index (κ1) is 12.3. The Morgan fingerprint density at radius 3 is 3.16 bits per heavy atom. The van der Waals surface area contributed by atoms with Gasteiger partial charge in [-0.1, -0.05) is 6.92 Å². The van der Waals surface area contributed by atoms with Crippen LogP contribution < -0.4 is 4.90 Å². The van der Waals surface area contributed by atoms with Crippen LogP contribution in [0, 0.1) is 0 Å². The molecule has 1 aromatic carbocycles. The van der Waals surface area contributed by atoms with Gasteiger partial charge >= 0.3 is 5.97 Å². The highest BCUT2D eigenvalue weighted by Gasteiger charge is 2.21. The van der Waals surface area contributed by atoms with Gasteiger partial charge in [-0.05, 0) is 18.2 Å². The van der Waals surface area contributed by atoms with E-state index in [0.29, 0.717) is 22.4 Å². The number of fused-ring (bicyclic) bond motifs is 1. The molecule has 1 aromatic heterocycles. The van der Waals surface area contributed by atoms with Crippen molar-refractivity contribution in [3.63, 3.8) is 0 Å². The van der Waals surface area contributed by atoms with Crippen LogP contribution in [0.5, 0.6) is 0 Å². The fourth-order valence-corrected chi connectivity index (χ4v) is 3.19. The summed E-state index contributed by atoms with van der Waals surface area (Å²) in [6.07, 6.45) is 0. The van der Waals surface area contributed by atoms with Crippen LogP contribution in [0.3, 0.4) is 0 Å². The summed E-state index contributed by atoms with van der Waals surface area (Å²) in [6.45, 7) is 4.00. The van der Waals surface area contributed by atoms with Gasteiger partial charge in [0.2, 0.25) is 0 Å². The van der Waals surface area contributed by atoms with E-state index in [1.54, 1.807) is 12.1 Å². The van der Waals surface area contributed by atoms with Gasteiger partial charge in [0.25, 0.3) is 6.01 Å². The minimum atomic E-state index is -0.956. The molecule has 1 fully saturated rings. The first-order chi connectivity index (χ1) is 9.13. The zero-order chi connectivity index (χ0) is 13.4. The molecule has 6 heteroatoms. The van der Waals surface area contributed by atoms with Crippen molar-refractivity contribution in [2.45, 2.75) is 12.2 Å². The molecule has 0 amide bonds. The van der Waals surface area contributed by atoms with Crippen molar-refractivity contribution in [3.8, 4) is 0 Å². The molecule has 0 saturated carbocycles. The van der Waals surface area contributed by atoms with E-state index in [9.17, 15) is 4.79 Å². The van der Waals surface area contributed by atoms with Gasteiger partial charge in [0.15, 0.2) is 5.58 Å². The highest BCUT2D eigenvalue weighted by molar-refractivity contribution is 8.00. The predicted octanol–water partition coefficient (Wildman–Crippen LogP) is 2.47. The largest absolute Gasteiger partial charge is 0.478 e. The van der Waals surface area contributed by atoms with E-state index in [2.05, 4.69) is 16.8 Å². The summed E-state index contributed by atoms with van der Waals surface area (Å²) in [7, 11) is 0. The second-order valence-electron chi connectivity index (χ2n) is 4.61. The van der Waals surface area contributed by atoms with Crippen LogP contribution in [0.1, 0.15) is 17.3 Å². The van der Waals surface area contributed by atoms with Gasteiger partial charge < -0.3 is 14.4 Å². The first-order valence-corrected chi connectivity index (χ1v) is 7.19. The Balaban J connectivity index is 1.94. The average molecular weight is 278 g/mol. The fourth-order valence-electron chi connectivity index (χ4n) is 2.17. The Morgan fingerprint density at radius 2 is 2.42 bits per heavy atom. The highest BCUT2D eigenvalue weighted by atomic mass is 32.2. The van der Waals surface area contributed by atoms with Crippen molar-refractivity contribution in [3.05, 3.63) is 23.8 Å². The molecule has 2 aromatic rings.